The van der Waals surface area contributed by atoms with E-state index in [0.717, 1.165) is 12.1 Å². The SMILES string of the molecule is CCc1cc(C(=O)N[C@H]2[C@@H]3CCCC[C@H]3[C@@H]2c2ccccc2)on1. The average Bonchev–Trinajstić information content (AvgIpc) is 3.10. The first-order valence-electron chi connectivity index (χ1n) is 9.09. The van der Waals surface area contributed by atoms with Crippen molar-refractivity contribution in [3.63, 3.8) is 0 Å². The molecule has 4 atom stereocenters. The van der Waals surface area contributed by atoms with E-state index in [1.54, 1.807) is 6.07 Å². The van der Waals surface area contributed by atoms with Gasteiger partial charge in [0.25, 0.3) is 5.91 Å². The van der Waals surface area contributed by atoms with Crippen LogP contribution in [0.1, 0.15) is 60.3 Å². The van der Waals surface area contributed by atoms with E-state index in [9.17, 15) is 4.79 Å². The van der Waals surface area contributed by atoms with Crippen molar-refractivity contribution in [1.29, 1.82) is 0 Å². The molecule has 0 saturated heterocycles. The Morgan fingerprint density at radius 1 is 1.21 bits per heavy atom. The lowest BCUT2D eigenvalue weighted by atomic mass is 9.53. The average molecular weight is 324 g/mol. The molecular formula is C20H24N2O2. The molecule has 4 nitrogen and oxygen atoms in total. The number of fused-ring (bicyclic) bond motifs is 1. The number of aryl methyl sites for hydroxylation is 1. The van der Waals surface area contributed by atoms with Crippen LogP contribution in [0.5, 0.6) is 0 Å². The van der Waals surface area contributed by atoms with E-state index in [1.165, 1.54) is 31.2 Å². The van der Waals surface area contributed by atoms with Crippen molar-refractivity contribution in [2.75, 3.05) is 0 Å². The first kappa shape index (κ1) is 15.4. The third kappa shape index (κ3) is 2.64. The van der Waals surface area contributed by atoms with E-state index in [0.29, 0.717) is 23.5 Å². The minimum Gasteiger partial charge on any atom is -0.351 e. The second-order valence-corrected chi connectivity index (χ2v) is 7.08. The molecule has 2 aliphatic carbocycles. The molecule has 0 aliphatic heterocycles. The van der Waals surface area contributed by atoms with Gasteiger partial charge in [-0.25, -0.2) is 0 Å². The Morgan fingerprint density at radius 3 is 2.67 bits per heavy atom. The number of rotatable bonds is 4. The molecule has 2 fully saturated rings. The fourth-order valence-corrected chi connectivity index (χ4v) is 4.60. The van der Waals surface area contributed by atoms with Crippen molar-refractivity contribution in [2.45, 2.75) is 51.0 Å². The fraction of sp³-hybridized carbons (Fsp3) is 0.500. The highest BCUT2D eigenvalue weighted by atomic mass is 16.5. The molecule has 1 heterocycles. The highest BCUT2D eigenvalue weighted by Gasteiger charge is 2.51. The molecule has 2 aliphatic rings. The molecule has 0 radical (unpaired) electrons. The Balaban J connectivity index is 1.54. The number of nitrogens with zero attached hydrogens (tertiary/aromatic N) is 1. The minimum absolute atomic E-state index is 0.128. The summed E-state index contributed by atoms with van der Waals surface area (Å²) in [6.07, 6.45) is 5.86. The van der Waals surface area contributed by atoms with Crippen LogP contribution in [0.15, 0.2) is 40.9 Å². The van der Waals surface area contributed by atoms with Crippen LogP contribution >= 0.6 is 0 Å². The molecular weight excluding hydrogens is 300 g/mol. The molecule has 2 saturated carbocycles. The molecule has 1 aromatic heterocycles. The van der Waals surface area contributed by atoms with Gasteiger partial charge in [-0.1, -0.05) is 55.3 Å². The molecule has 0 bridgehead atoms. The third-order valence-electron chi connectivity index (χ3n) is 5.81. The topological polar surface area (TPSA) is 55.1 Å². The monoisotopic (exact) mass is 324 g/mol. The second kappa shape index (κ2) is 6.42. The number of nitrogens with one attached hydrogen (secondary N) is 1. The maximum absolute atomic E-state index is 12.6. The quantitative estimate of drug-likeness (QED) is 0.927. The summed E-state index contributed by atoms with van der Waals surface area (Å²) >= 11 is 0. The predicted octanol–water partition coefficient (Wildman–Crippen LogP) is 3.94. The van der Waals surface area contributed by atoms with Gasteiger partial charge in [0.15, 0.2) is 0 Å². The zero-order chi connectivity index (χ0) is 16.5. The van der Waals surface area contributed by atoms with Crippen LogP contribution in [0, 0.1) is 11.8 Å². The summed E-state index contributed by atoms with van der Waals surface area (Å²) in [4.78, 5) is 12.6. The van der Waals surface area contributed by atoms with E-state index < -0.39 is 0 Å². The number of benzene rings is 1. The third-order valence-corrected chi connectivity index (χ3v) is 5.81. The lowest BCUT2D eigenvalue weighted by Crippen LogP contribution is -2.59. The summed E-state index contributed by atoms with van der Waals surface area (Å²) < 4.78 is 5.20. The summed E-state index contributed by atoms with van der Waals surface area (Å²) in [7, 11) is 0. The van der Waals surface area contributed by atoms with E-state index in [4.69, 9.17) is 4.52 Å². The normalized spacial score (nSPS) is 28.7. The lowest BCUT2D eigenvalue weighted by Gasteiger charge is -2.55. The molecule has 1 N–H and O–H groups in total. The highest BCUT2D eigenvalue weighted by molar-refractivity contribution is 5.91. The van der Waals surface area contributed by atoms with Crippen LogP contribution in [0.4, 0.5) is 0 Å². The smallest absolute Gasteiger partial charge is 0.290 e. The van der Waals surface area contributed by atoms with Crippen molar-refractivity contribution in [3.05, 3.63) is 53.4 Å². The number of carbonyl (C=O) groups excluding carboxylic acids is 1. The Morgan fingerprint density at radius 2 is 1.96 bits per heavy atom. The van der Waals surface area contributed by atoms with Crippen LogP contribution in [-0.4, -0.2) is 17.1 Å². The van der Waals surface area contributed by atoms with Gasteiger partial charge in [0.05, 0.1) is 5.69 Å². The summed E-state index contributed by atoms with van der Waals surface area (Å²) in [5.74, 6) is 1.93. The fourth-order valence-electron chi connectivity index (χ4n) is 4.60. The van der Waals surface area contributed by atoms with Crippen LogP contribution in [0.2, 0.25) is 0 Å². The first-order valence-corrected chi connectivity index (χ1v) is 9.09. The molecule has 0 spiro atoms. The molecule has 126 valence electrons. The molecule has 1 aromatic carbocycles. The number of aromatic nitrogens is 1. The molecule has 24 heavy (non-hydrogen) atoms. The van der Waals surface area contributed by atoms with Crippen LogP contribution in [-0.2, 0) is 6.42 Å². The minimum atomic E-state index is -0.128. The Kier molecular flexibility index (Phi) is 4.13. The van der Waals surface area contributed by atoms with Gasteiger partial charge in [0.1, 0.15) is 0 Å². The van der Waals surface area contributed by atoms with Gasteiger partial charge < -0.3 is 9.84 Å². The Bertz CT molecular complexity index is 709. The number of carbonyl (C=O) groups is 1. The summed E-state index contributed by atoms with van der Waals surface area (Å²) in [5.41, 5.74) is 2.17. The Labute approximate surface area is 142 Å². The van der Waals surface area contributed by atoms with Crippen LogP contribution in [0.3, 0.4) is 0 Å². The van der Waals surface area contributed by atoms with Crippen molar-refractivity contribution >= 4 is 5.91 Å². The highest BCUT2D eigenvalue weighted by Crippen LogP contribution is 2.54. The van der Waals surface area contributed by atoms with E-state index in [-0.39, 0.29) is 11.9 Å². The molecule has 1 amide bonds. The van der Waals surface area contributed by atoms with Gasteiger partial charge in [-0.15, -0.1) is 0 Å². The largest absolute Gasteiger partial charge is 0.351 e. The van der Waals surface area contributed by atoms with Gasteiger partial charge in [0.2, 0.25) is 5.76 Å². The van der Waals surface area contributed by atoms with E-state index in [2.05, 4.69) is 40.8 Å². The van der Waals surface area contributed by atoms with E-state index in [1.807, 2.05) is 6.92 Å². The van der Waals surface area contributed by atoms with Crippen molar-refractivity contribution in [1.82, 2.24) is 10.5 Å². The van der Waals surface area contributed by atoms with Gasteiger partial charge in [-0.3, -0.25) is 4.79 Å². The van der Waals surface area contributed by atoms with Gasteiger partial charge >= 0.3 is 0 Å². The molecule has 4 rings (SSSR count). The second-order valence-electron chi connectivity index (χ2n) is 7.08. The molecule has 2 aromatic rings. The van der Waals surface area contributed by atoms with E-state index >= 15 is 0 Å². The number of amides is 1. The zero-order valence-electron chi connectivity index (χ0n) is 14.1. The van der Waals surface area contributed by atoms with Gasteiger partial charge in [0, 0.05) is 18.0 Å². The predicted molar refractivity (Wildman–Crippen MR) is 91.8 cm³/mol. The van der Waals surface area contributed by atoms with Crippen LogP contribution in [0.25, 0.3) is 0 Å². The van der Waals surface area contributed by atoms with Gasteiger partial charge in [-0.05, 0) is 36.7 Å². The summed E-state index contributed by atoms with van der Waals surface area (Å²) in [6.45, 7) is 2.00. The lowest BCUT2D eigenvalue weighted by molar-refractivity contribution is 0.0241. The van der Waals surface area contributed by atoms with Crippen molar-refractivity contribution in [2.24, 2.45) is 11.8 Å². The van der Waals surface area contributed by atoms with Crippen molar-refractivity contribution in [3.8, 4) is 0 Å². The maximum atomic E-state index is 12.6. The van der Waals surface area contributed by atoms with Gasteiger partial charge in [-0.2, -0.15) is 0 Å². The zero-order valence-corrected chi connectivity index (χ0v) is 14.1. The first-order chi connectivity index (χ1) is 11.8. The number of hydrogen-bond acceptors (Lipinski definition) is 3. The standard InChI is InChI=1S/C20H24N2O2/c1-2-14-12-17(24-22-14)20(23)21-19-16-11-7-6-10-15(16)18(19)13-8-4-3-5-9-13/h3-5,8-9,12,15-16,18-19H,2,6-7,10-11H2,1H3,(H,21,23)/t15-,16-,18+,19+/m1/s1. The van der Waals surface area contributed by atoms with Crippen molar-refractivity contribution < 1.29 is 9.32 Å². The summed E-state index contributed by atoms with van der Waals surface area (Å²) in [6, 6.07) is 12.6. The van der Waals surface area contributed by atoms with Crippen LogP contribution < -0.4 is 5.32 Å². The summed E-state index contributed by atoms with van der Waals surface area (Å²) in [5, 5.41) is 7.17. The Hall–Kier alpha value is -2.10. The maximum Gasteiger partial charge on any atom is 0.290 e. The number of hydrogen-bond donors (Lipinski definition) is 1. The molecule has 0 unspecified atom stereocenters. The molecule has 4 heteroatoms.